The van der Waals surface area contributed by atoms with Crippen molar-refractivity contribution in [3.63, 3.8) is 0 Å². The van der Waals surface area contributed by atoms with Crippen LogP contribution in [0.15, 0.2) is 12.7 Å². The van der Waals surface area contributed by atoms with E-state index in [4.69, 9.17) is 31.6 Å². The van der Waals surface area contributed by atoms with Gasteiger partial charge in [0.05, 0.1) is 12.9 Å². The van der Waals surface area contributed by atoms with Crippen molar-refractivity contribution in [3.8, 4) is 12.3 Å². The third kappa shape index (κ3) is 5.48. The standard InChI is InChI=1S/C12H16N5O13P3/c1-2-12(19)8(18)6(3-27-32(23,24)30-33(25,26)29-31(20,21)22)28-11(12)17-5-16-7-9(13)14-4-15-10(7)17/h1,4-6,8,11,18-19H,3H2,(H,23,24)(H,25,26)(H2,13,14,15)(H2,20,21,22)/t6?,8-,11+,12?/m0/s1. The van der Waals surface area contributed by atoms with Crippen LogP contribution >= 0.6 is 23.5 Å². The number of hydrogen-bond donors (Lipinski definition) is 7. The van der Waals surface area contributed by atoms with Crippen LogP contribution in [0.2, 0.25) is 0 Å². The summed E-state index contributed by atoms with van der Waals surface area (Å²) in [5.74, 6) is 1.94. The second-order valence-corrected chi connectivity index (χ2v) is 10.8. The van der Waals surface area contributed by atoms with E-state index in [-0.39, 0.29) is 17.0 Å². The van der Waals surface area contributed by atoms with Gasteiger partial charge >= 0.3 is 23.5 Å². The summed E-state index contributed by atoms with van der Waals surface area (Å²) in [7, 11) is -16.8. The molecule has 1 fully saturated rings. The molecule has 0 radical (unpaired) electrons. The minimum absolute atomic E-state index is 0.00856. The monoisotopic (exact) mass is 531 g/mol. The highest BCUT2D eigenvalue weighted by molar-refractivity contribution is 7.66. The number of imidazole rings is 1. The molecule has 0 amide bonds. The first-order valence-electron chi connectivity index (χ1n) is 8.33. The van der Waals surface area contributed by atoms with Crippen molar-refractivity contribution in [1.82, 2.24) is 19.5 Å². The highest BCUT2D eigenvalue weighted by Crippen LogP contribution is 2.66. The number of aliphatic hydroxyl groups excluding tert-OH is 1. The number of fused-ring (bicyclic) bond motifs is 1. The fourth-order valence-electron chi connectivity index (χ4n) is 2.85. The van der Waals surface area contributed by atoms with Gasteiger partial charge in [-0.2, -0.15) is 8.62 Å². The summed E-state index contributed by atoms with van der Waals surface area (Å²) in [5.41, 5.74) is 3.42. The third-order valence-electron chi connectivity index (χ3n) is 4.17. The third-order valence-corrected chi connectivity index (χ3v) is 7.97. The number of phosphoric ester groups is 1. The first-order valence-corrected chi connectivity index (χ1v) is 12.9. The van der Waals surface area contributed by atoms with Gasteiger partial charge in [-0.25, -0.2) is 28.6 Å². The average molecular weight is 531 g/mol. The summed E-state index contributed by atoms with van der Waals surface area (Å²) in [4.78, 5) is 47.4. The Morgan fingerprint density at radius 1 is 1.18 bits per heavy atom. The van der Waals surface area contributed by atoms with Gasteiger partial charge in [0.15, 0.2) is 23.3 Å². The van der Waals surface area contributed by atoms with Crippen molar-refractivity contribution in [1.29, 1.82) is 0 Å². The van der Waals surface area contributed by atoms with Crippen molar-refractivity contribution >= 4 is 40.4 Å². The number of phosphoric acid groups is 3. The van der Waals surface area contributed by atoms with Crippen LogP contribution in [0.25, 0.3) is 11.2 Å². The molecule has 0 aliphatic carbocycles. The maximum Gasteiger partial charge on any atom is 0.490 e. The van der Waals surface area contributed by atoms with Crippen molar-refractivity contribution in [3.05, 3.63) is 12.7 Å². The summed E-state index contributed by atoms with van der Waals surface area (Å²) in [6.07, 6.45) is 2.43. The van der Waals surface area contributed by atoms with Gasteiger partial charge < -0.3 is 40.3 Å². The number of nitrogens with zero attached hydrogens (tertiary/aromatic N) is 4. The van der Waals surface area contributed by atoms with Crippen LogP contribution in [0.1, 0.15) is 6.23 Å². The fourth-order valence-corrected chi connectivity index (χ4v) is 5.88. The molecule has 2 aromatic rings. The predicted molar refractivity (Wildman–Crippen MR) is 103 cm³/mol. The molecule has 1 saturated heterocycles. The molecule has 1 aliphatic rings. The Morgan fingerprint density at radius 2 is 1.85 bits per heavy atom. The lowest BCUT2D eigenvalue weighted by atomic mass is 9.95. The zero-order valence-electron chi connectivity index (χ0n) is 15.9. The number of aliphatic hydroxyl groups is 2. The summed E-state index contributed by atoms with van der Waals surface area (Å²) < 4.78 is 52.1. The van der Waals surface area contributed by atoms with E-state index in [0.29, 0.717) is 0 Å². The summed E-state index contributed by atoms with van der Waals surface area (Å²) in [5, 5.41) is 21.3. The highest BCUT2D eigenvalue weighted by atomic mass is 31.3. The van der Waals surface area contributed by atoms with Crippen LogP contribution in [0.4, 0.5) is 5.82 Å². The van der Waals surface area contributed by atoms with Crippen molar-refractivity contribution in [2.24, 2.45) is 0 Å². The van der Waals surface area contributed by atoms with E-state index >= 15 is 0 Å². The molecule has 21 heteroatoms. The normalized spacial score (nSPS) is 29.4. The molecular weight excluding hydrogens is 515 g/mol. The SMILES string of the molecule is C#CC1(O)[C@@H](O)C(COP(=O)(O)OP(=O)(O)OP(=O)(O)O)O[C@H]1n1cnc2c(N)ncnc21. The van der Waals surface area contributed by atoms with Gasteiger partial charge in [0.2, 0.25) is 0 Å². The zero-order valence-corrected chi connectivity index (χ0v) is 18.6. The molecule has 8 N–H and O–H groups in total. The summed E-state index contributed by atoms with van der Waals surface area (Å²) in [6, 6.07) is 0. The minimum Gasteiger partial charge on any atom is -0.386 e. The molecule has 182 valence electrons. The second kappa shape index (κ2) is 8.77. The number of anilines is 1. The minimum atomic E-state index is -5.75. The van der Waals surface area contributed by atoms with Gasteiger partial charge in [0, 0.05) is 0 Å². The number of nitrogens with two attached hydrogens (primary N) is 1. The Morgan fingerprint density at radius 3 is 2.45 bits per heavy atom. The van der Waals surface area contributed by atoms with Crippen LogP contribution in [0.5, 0.6) is 0 Å². The number of hydrogen-bond acceptors (Lipinski definition) is 13. The quantitative estimate of drug-likeness (QED) is 0.149. The largest absolute Gasteiger partial charge is 0.490 e. The lowest BCUT2D eigenvalue weighted by Crippen LogP contribution is -2.45. The first kappa shape index (κ1) is 25.8. The van der Waals surface area contributed by atoms with Crippen molar-refractivity contribution in [2.45, 2.75) is 24.0 Å². The van der Waals surface area contributed by atoms with E-state index in [1.807, 2.05) is 5.92 Å². The van der Waals surface area contributed by atoms with Gasteiger partial charge in [-0.3, -0.25) is 9.09 Å². The topological polar surface area (TPSA) is 279 Å². The molecule has 1 aliphatic heterocycles. The van der Waals surface area contributed by atoms with E-state index in [2.05, 4.69) is 28.1 Å². The molecule has 18 nitrogen and oxygen atoms in total. The van der Waals surface area contributed by atoms with E-state index in [1.54, 1.807) is 0 Å². The Bertz CT molecular complexity index is 1240. The maximum absolute atomic E-state index is 11.9. The number of ether oxygens (including phenoxy) is 1. The first-order chi connectivity index (χ1) is 15.1. The molecule has 0 spiro atoms. The predicted octanol–water partition coefficient (Wildman–Crippen LogP) is -1.63. The Hall–Kier alpha value is -1.80. The second-order valence-electron chi connectivity index (χ2n) is 6.41. The number of rotatable bonds is 8. The van der Waals surface area contributed by atoms with Gasteiger partial charge in [-0.1, -0.05) is 5.92 Å². The molecule has 3 rings (SSSR count). The zero-order chi connectivity index (χ0) is 24.8. The van der Waals surface area contributed by atoms with Crippen molar-refractivity contribution in [2.75, 3.05) is 12.3 Å². The number of terminal acetylenes is 1. The Kier molecular flexibility index (Phi) is 6.86. The average Bonchev–Trinajstić information content (AvgIpc) is 3.18. The smallest absolute Gasteiger partial charge is 0.386 e. The van der Waals surface area contributed by atoms with Crippen LogP contribution in [0, 0.1) is 12.3 Å². The van der Waals surface area contributed by atoms with E-state index in [9.17, 15) is 28.8 Å². The maximum atomic E-state index is 11.9. The molecule has 0 aromatic carbocycles. The lowest BCUT2D eigenvalue weighted by molar-refractivity contribution is -0.0717. The van der Waals surface area contributed by atoms with Crippen molar-refractivity contribution < 1.29 is 61.4 Å². The molecule has 2 aromatic heterocycles. The molecule has 6 atom stereocenters. The summed E-state index contributed by atoms with van der Waals surface area (Å²) in [6.45, 7) is -1.06. The van der Waals surface area contributed by atoms with Crippen LogP contribution in [0.3, 0.4) is 0 Å². The summed E-state index contributed by atoms with van der Waals surface area (Å²) >= 11 is 0. The van der Waals surface area contributed by atoms with Crippen LogP contribution in [-0.2, 0) is 31.6 Å². The highest BCUT2D eigenvalue weighted by Gasteiger charge is 2.56. The molecule has 33 heavy (non-hydrogen) atoms. The van der Waals surface area contributed by atoms with E-state index in [0.717, 1.165) is 17.2 Å². The van der Waals surface area contributed by atoms with Crippen LogP contribution < -0.4 is 5.73 Å². The Labute approximate surface area is 183 Å². The molecule has 3 heterocycles. The number of nitrogen functional groups attached to an aromatic ring is 1. The van der Waals surface area contributed by atoms with Gasteiger partial charge in [0.25, 0.3) is 0 Å². The molecular formula is C12H16N5O13P3. The van der Waals surface area contributed by atoms with Gasteiger partial charge in [-0.15, -0.1) is 6.42 Å². The van der Waals surface area contributed by atoms with Crippen LogP contribution in [-0.4, -0.2) is 73.7 Å². The molecule has 4 unspecified atom stereocenters. The number of aromatic nitrogens is 4. The van der Waals surface area contributed by atoms with E-state index < -0.39 is 54.1 Å². The molecule has 0 bridgehead atoms. The van der Waals surface area contributed by atoms with Gasteiger partial charge in [-0.05, 0) is 0 Å². The molecule has 0 saturated carbocycles. The van der Waals surface area contributed by atoms with E-state index in [1.165, 1.54) is 0 Å². The Balaban J connectivity index is 1.79. The van der Waals surface area contributed by atoms with Gasteiger partial charge in [0.1, 0.15) is 24.1 Å². The lowest BCUT2D eigenvalue weighted by Gasteiger charge is -2.26. The fraction of sp³-hybridized carbons (Fsp3) is 0.417.